The molecular formula is C43H47ClF2N2O7. The summed E-state index contributed by atoms with van der Waals surface area (Å²) in [5, 5.41) is 1.14. The second-order valence-corrected chi connectivity index (χ2v) is 13.6. The van der Waals surface area contributed by atoms with E-state index < -0.39 is 23.6 Å². The van der Waals surface area contributed by atoms with Crippen molar-refractivity contribution in [2.24, 2.45) is 0 Å². The summed E-state index contributed by atoms with van der Waals surface area (Å²) in [6, 6.07) is 22.2. The fourth-order valence-electron chi connectivity index (χ4n) is 5.88. The Bertz CT molecular complexity index is 2200. The highest BCUT2D eigenvalue weighted by atomic mass is 35.5. The first-order chi connectivity index (χ1) is 25.9. The van der Waals surface area contributed by atoms with Gasteiger partial charge in [-0.1, -0.05) is 67.6 Å². The molecule has 0 unspecified atom stereocenters. The third kappa shape index (κ3) is 10.8. The SMILES string of the molecule is C.C1CCOC1.COC(=O)c1cc(F)cc2c(Cl)c(-c3ccc(CN(C)C)cc3)oc12.COC(=O)c1cc(F)cc2cc(-c3ccc(CN(C)C)cc3)oc12. The molecule has 292 valence electrons. The van der Waals surface area contributed by atoms with E-state index in [-0.39, 0.29) is 29.2 Å². The van der Waals surface area contributed by atoms with Gasteiger partial charge in [-0.3, -0.25) is 0 Å². The Morgan fingerprint density at radius 2 is 1.18 bits per heavy atom. The number of esters is 2. The van der Waals surface area contributed by atoms with E-state index in [1.54, 1.807) is 6.07 Å². The molecule has 0 bridgehead atoms. The predicted molar refractivity (Wildman–Crippen MR) is 212 cm³/mol. The lowest BCUT2D eigenvalue weighted by molar-refractivity contribution is 0.0592. The number of hydrogen-bond donors (Lipinski definition) is 0. The molecule has 55 heavy (non-hydrogen) atoms. The molecule has 0 saturated carbocycles. The van der Waals surface area contributed by atoms with Crippen LogP contribution in [0.2, 0.25) is 5.02 Å². The van der Waals surface area contributed by atoms with E-state index in [9.17, 15) is 18.4 Å². The summed E-state index contributed by atoms with van der Waals surface area (Å²) in [6.45, 7) is 3.66. The van der Waals surface area contributed by atoms with Gasteiger partial charge in [-0.05, 0) is 82.5 Å². The molecule has 0 amide bonds. The van der Waals surface area contributed by atoms with Gasteiger partial charge in [0.2, 0.25) is 0 Å². The first kappa shape index (κ1) is 42.7. The number of furan rings is 2. The maximum absolute atomic E-state index is 13.8. The van der Waals surface area contributed by atoms with E-state index in [0.717, 1.165) is 55.1 Å². The van der Waals surface area contributed by atoms with Crippen LogP contribution in [0.25, 0.3) is 44.6 Å². The molecule has 0 aliphatic carbocycles. The van der Waals surface area contributed by atoms with Crippen LogP contribution in [0.3, 0.4) is 0 Å². The van der Waals surface area contributed by atoms with Crippen molar-refractivity contribution in [3.63, 3.8) is 0 Å². The largest absolute Gasteiger partial charge is 0.465 e. The van der Waals surface area contributed by atoms with Crippen LogP contribution < -0.4 is 0 Å². The minimum absolute atomic E-state index is 0. The number of hydrogen-bond acceptors (Lipinski definition) is 9. The van der Waals surface area contributed by atoms with Crippen LogP contribution in [0, 0.1) is 11.6 Å². The Morgan fingerprint density at radius 3 is 1.65 bits per heavy atom. The fourth-order valence-corrected chi connectivity index (χ4v) is 6.17. The van der Waals surface area contributed by atoms with Gasteiger partial charge < -0.3 is 32.8 Å². The zero-order valence-electron chi connectivity index (χ0n) is 31.1. The molecule has 6 aromatic rings. The van der Waals surface area contributed by atoms with Crippen molar-refractivity contribution < 1.29 is 41.4 Å². The van der Waals surface area contributed by atoms with Crippen LogP contribution in [0.15, 0.2) is 87.7 Å². The lowest BCUT2D eigenvalue weighted by Crippen LogP contribution is -2.10. The Morgan fingerprint density at radius 1 is 0.691 bits per heavy atom. The maximum Gasteiger partial charge on any atom is 0.341 e. The van der Waals surface area contributed by atoms with Gasteiger partial charge in [0.05, 0.1) is 19.2 Å². The van der Waals surface area contributed by atoms with Gasteiger partial charge in [-0.25, -0.2) is 18.4 Å². The van der Waals surface area contributed by atoms with Crippen molar-refractivity contribution in [3.05, 3.63) is 118 Å². The number of halogens is 3. The number of carbonyl (C=O) groups is 2. The molecule has 1 aliphatic heterocycles. The number of carbonyl (C=O) groups excluding carboxylic acids is 2. The van der Waals surface area contributed by atoms with Gasteiger partial charge in [-0.2, -0.15) is 0 Å². The molecule has 7 rings (SSSR count). The predicted octanol–water partition coefficient (Wildman–Crippen LogP) is 10.3. The summed E-state index contributed by atoms with van der Waals surface area (Å²) in [5.74, 6) is -1.41. The van der Waals surface area contributed by atoms with E-state index in [1.165, 1.54) is 44.8 Å². The highest BCUT2D eigenvalue weighted by Gasteiger charge is 2.22. The van der Waals surface area contributed by atoms with Crippen LogP contribution in [0.1, 0.15) is 52.1 Å². The first-order valence-electron chi connectivity index (χ1n) is 17.3. The van der Waals surface area contributed by atoms with Gasteiger partial charge in [0.15, 0.2) is 11.3 Å². The smallest absolute Gasteiger partial charge is 0.341 e. The number of ether oxygens (including phenoxy) is 3. The van der Waals surface area contributed by atoms with Gasteiger partial charge in [-0.15, -0.1) is 0 Å². The second kappa shape index (κ2) is 19.5. The minimum Gasteiger partial charge on any atom is -0.465 e. The molecular weight excluding hydrogens is 730 g/mol. The van der Waals surface area contributed by atoms with E-state index in [4.69, 9.17) is 34.6 Å². The number of rotatable bonds is 8. The zero-order valence-corrected chi connectivity index (χ0v) is 31.9. The number of fused-ring (bicyclic) bond motifs is 2. The van der Waals surface area contributed by atoms with E-state index in [0.29, 0.717) is 27.9 Å². The van der Waals surface area contributed by atoms with Crippen molar-refractivity contribution in [2.45, 2.75) is 33.4 Å². The average Bonchev–Trinajstić information content (AvgIpc) is 3.93. The van der Waals surface area contributed by atoms with E-state index >= 15 is 0 Å². The number of nitrogens with zero attached hydrogens (tertiary/aromatic N) is 2. The maximum atomic E-state index is 13.8. The van der Waals surface area contributed by atoms with Crippen LogP contribution in [-0.2, 0) is 27.3 Å². The van der Waals surface area contributed by atoms with Crippen molar-refractivity contribution >= 4 is 45.5 Å². The van der Waals surface area contributed by atoms with Gasteiger partial charge in [0.1, 0.15) is 34.1 Å². The molecule has 3 heterocycles. The molecule has 4 aromatic carbocycles. The fraction of sp³-hybridized carbons (Fsp3) is 0.302. The summed E-state index contributed by atoms with van der Waals surface area (Å²) >= 11 is 6.39. The molecule has 0 atom stereocenters. The molecule has 1 fully saturated rings. The van der Waals surface area contributed by atoms with Crippen LogP contribution in [-0.4, -0.2) is 77.4 Å². The molecule has 1 aliphatic rings. The molecule has 1 saturated heterocycles. The quantitative estimate of drug-likeness (QED) is 0.140. The zero-order chi connectivity index (χ0) is 38.9. The molecule has 12 heteroatoms. The highest BCUT2D eigenvalue weighted by Crippen LogP contribution is 2.39. The van der Waals surface area contributed by atoms with Gasteiger partial charge in [0.25, 0.3) is 0 Å². The van der Waals surface area contributed by atoms with Crippen LogP contribution >= 0.6 is 11.6 Å². The highest BCUT2D eigenvalue weighted by molar-refractivity contribution is 6.38. The molecule has 0 radical (unpaired) electrons. The average molecular weight is 777 g/mol. The summed E-state index contributed by atoms with van der Waals surface area (Å²) in [6.07, 6.45) is 2.56. The monoisotopic (exact) mass is 776 g/mol. The summed E-state index contributed by atoms with van der Waals surface area (Å²) < 4.78 is 53.5. The summed E-state index contributed by atoms with van der Waals surface area (Å²) in [7, 11) is 10.5. The lowest BCUT2D eigenvalue weighted by atomic mass is 10.1. The van der Waals surface area contributed by atoms with Gasteiger partial charge >= 0.3 is 11.9 Å². The van der Waals surface area contributed by atoms with Crippen LogP contribution in [0.5, 0.6) is 0 Å². The molecule has 9 nitrogen and oxygen atoms in total. The summed E-state index contributed by atoms with van der Waals surface area (Å²) in [4.78, 5) is 27.9. The topological polar surface area (TPSA) is 94.6 Å². The Balaban J connectivity index is 0.000000213. The standard InChI is InChI=1S/C19H17ClFNO3.C19H18FNO3.C4H8O.CH4/c1-22(2)10-11-4-6-12(7-5-11)17-16(20)14-8-13(21)9-15(18(14)25-17)19(23)24-3;1-21(2)11-12-4-6-13(7-5-12)17-9-14-8-15(20)10-16(18(14)24-17)19(22)23-3;1-2-4-5-3-1;/h4-9H,10H2,1-3H3;4-10H,11H2,1-3H3;1-4H2;1H4. The normalized spacial score (nSPS) is 12.2. The third-order valence-electron chi connectivity index (χ3n) is 8.36. The Labute approximate surface area is 325 Å². The Hall–Kier alpha value is -5.07. The van der Waals surface area contributed by atoms with Gasteiger partial charge in [0, 0.05) is 48.2 Å². The summed E-state index contributed by atoms with van der Waals surface area (Å²) in [5.41, 5.74) is 4.58. The molecule has 0 N–H and O–H groups in total. The van der Waals surface area contributed by atoms with Crippen molar-refractivity contribution in [3.8, 4) is 22.6 Å². The van der Waals surface area contributed by atoms with E-state index in [1.807, 2.05) is 76.7 Å². The van der Waals surface area contributed by atoms with Crippen molar-refractivity contribution in [1.82, 2.24) is 9.80 Å². The van der Waals surface area contributed by atoms with Crippen molar-refractivity contribution in [2.75, 3.05) is 55.6 Å². The third-order valence-corrected chi connectivity index (χ3v) is 8.74. The van der Waals surface area contributed by atoms with Crippen LogP contribution in [0.4, 0.5) is 8.78 Å². The molecule has 0 spiro atoms. The Kier molecular flexibility index (Phi) is 15.1. The molecule has 2 aromatic heterocycles. The second-order valence-electron chi connectivity index (χ2n) is 13.2. The number of benzene rings is 4. The minimum atomic E-state index is -0.678. The number of methoxy groups -OCH3 is 2. The van der Waals surface area contributed by atoms with E-state index in [2.05, 4.69) is 9.80 Å². The van der Waals surface area contributed by atoms with Crippen molar-refractivity contribution in [1.29, 1.82) is 0 Å². The first-order valence-corrected chi connectivity index (χ1v) is 17.6. The lowest BCUT2D eigenvalue weighted by Gasteiger charge is -2.09.